The molecular formula is C26H41N3O4. The lowest BCUT2D eigenvalue weighted by Gasteiger charge is -2.42. The van der Waals surface area contributed by atoms with Crippen LogP contribution >= 0.6 is 0 Å². The standard InChI is InChI=1S/C26H41N3O4/c1-20(30)27-25-19-33-24-10-7-13-29(23(24)17-26(25,2)31)18-21-8-6-9-22(16-21)32-15-14-28-11-4-3-5-12-28/h6,8-9,16,23-25,31H,3-5,7,10-15,17-19H2,1-2H3,(H,27,30)/t23-,24-,25-,26-/m1/s1. The van der Waals surface area contributed by atoms with Gasteiger partial charge in [-0.05, 0) is 76.4 Å². The smallest absolute Gasteiger partial charge is 0.217 e. The predicted octanol–water partition coefficient (Wildman–Crippen LogP) is 2.56. The Bertz CT molecular complexity index is 781. The number of likely N-dealkylation sites (tertiary alicyclic amines) is 2. The summed E-state index contributed by atoms with van der Waals surface area (Å²) in [4.78, 5) is 16.6. The van der Waals surface area contributed by atoms with Crippen LogP contribution in [0.4, 0.5) is 0 Å². The molecule has 3 aliphatic heterocycles. The second-order valence-corrected chi connectivity index (χ2v) is 10.3. The van der Waals surface area contributed by atoms with Crippen molar-refractivity contribution in [1.29, 1.82) is 0 Å². The zero-order chi connectivity index (χ0) is 23.3. The van der Waals surface area contributed by atoms with E-state index in [1.165, 1.54) is 44.8 Å². The SMILES string of the molecule is CC(=O)N[C@@H]1CO[C@@H]2CCCN(Cc3cccc(OCCN4CCCCC4)c3)[C@@H]2C[C@@]1(C)O. The highest BCUT2D eigenvalue weighted by molar-refractivity contribution is 5.73. The Morgan fingerprint density at radius 2 is 2.06 bits per heavy atom. The highest BCUT2D eigenvalue weighted by atomic mass is 16.5. The summed E-state index contributed by atoms with van der Waals surface area (Å²) >= 11 is 0. The van der Waals surface area contributed by atoms with Crippen molar-refractivity contribution < 1.29 is 19.4 Å². The second kappa shape index (κ2) is 11.2. The number of benzene rings is 1. The largest absolute Gasteiger partial charge is 0.492 e. The fourth-order valence-corrected chi connectivity index (χ4v) is 5.59. The Morgan fingerprint density at radius 3 is 2.85 bits per heavy atom. The van der Waals surface area contributed by atoms with Crippen molar-refractivity contribution in [2.75, 3.05) is 39.4 Å². The average Bonchev–Trinajstić information content (AvgIpc) is 2.91. The van der Waals surface area contributed by atoms with Gasteiger partial charge in [0.1, 0.15) is 12.4 Å². The molecule has 7 heteroatoms. The third-order valence-electron chi connectivity index (χ3n) is 7.47. The number of carbonyl (C=O) groups excluding carboxylic acids is 1. The van der Waals surface area contributed by atoms with Gasteiger partial charge in [0.2, 0.25) is 5.91 Å². The van der Waals surface area contributed by atoms with Crippen molar-refractivity contribution in [3.05, 3.63) is 29.8 Å². The van der Waals surface area contributed by atoms with Gasteiger partial charge in [-0.25, -0.2) is 0 Å². The number of ether oxygens (including phenoxy) is 2. The third kappa shape index (κ3) is 6.69. The van der Waals surface area contributed by atoms with Crippen LogP contribution in [0.5, 0.6) is 5.75 Å². The Hall–Kier alpha value is -1.67. The Labute approximate surface area is 198 Å². The van der Waals surface area contributed by atoms with Gasteiger partial charge in [0, 0.05) is 26.1 Å². The number of fused-ring (bicyclic) bond motifs is 1. The Balaban J connectivity index is 1.36. The van der Waals surface area contributed by atoms with Gasteiger partial charge in [0.25, 0.3) is 0 Å². The van der Waals surface area contributed by atoms with E-state index in [0.717, 1.165) is 44.8 Å². The molecule has 3 fully saturated rings. The molecule has 0 aromatic heterocycles. The minimum atomic E-state index is -1.01. The molecule has 33 heavy (non-hydrogen) atoms. The first kappa shape index (κ1) is 24.5. The number of piperidine rings is 2. The summed E-state index contributed by atoms with van der Waals surface area (Å²) in [6.45, 7) is 9.53. The summed E-state index contributed by atoms with van der Waals surface area (Å²) in [5.74, 6) is 0.788. The number of amides is 1. The molecule has 4 rings (SSSR count). The van der Waals surface area contributed by atoms with E-state index in [1.54, 1.807) is 0 Å². The van der Waals surface area contributed by atoms with Crippen LogP contribution < -0.4 is 10.1 Å². The summed E-state index contributed by atoms with van der Waals surface area (Å²) < 4.78 is 12.3. The van der Waals surface area contributed by atoms with Gasteiger partial charge in [-0.15, -0.1) is 0 Å². The molecule has 3 aliphatic rings. The molecule has 1 aromatic carbocycles. The van der Waals surface area contributed by atoms with E-state index in [1.807, 2.05) is 13.0 Å². The number of aliphatic hydroxyl groups is 1. The maximum atomic E-state index is 11.6. The number of hydrogen-bond acceptors (Lipinski definition) is 6. The quantitative estimate of drug-likeness (QED) is 0.653. The summed E-state index contributed by atoms with van der Waals surface area (Å²) in [6.07, 6.45) is 6.67. The van der Waals surface area contributed by atoms with Crippen LogP contribution in [0.15, 0.2) is 24.3 Å². The van der Waals surface area contributed by atoms with Gasteiger partial charge in [0.15, 0.2) is 0 Å². The van der Waals surface area contributed by atoms with E-state index in [-0.39, 0.29) is 24.1 Å². The summed E-state index contributed by atoms with van der Waals surface area (Å²) in [6, 6.07) is 8.14. The van der Waals surface area contributed by atoms with Gasteiger partial charge in [-0.2, -0.15) is 0 Å². The second-order valence-electron chi connectivity index (χ2n) is 10.3. The van der Waals surface area contributed by atoms with Crippen molar-refractivity contribution in [2.24, 2.45) is 0 Å². The molecule has 0 aliphatic carbocycles. The minimum Gasteiger partial charge on any atom is -0.492 e. The van der Waals surface area contributed by atoms with Crippen molar-refractivity contribution >= 4 is 5.91 Å². The van der Waals surface area contributed by atoms with Crippen LogP contribution in [0.3, 0.4) is 0 Å². The van der Waals surface area contributed by atoms with Crippen LogP contribution in [0, 0.1) is 0 Å². The first-order chi connectivity index (χ1) is 15.9. The van der Waals surface area contributed by atoms with Crippen LogP contribution in [0.2, 0.25) is 0 Å². The van der Waals surface area contributed by atoms with E-state index in [0.29, 0.717) is 13.0 Å². The molecule has 2 N–H and O–H groups in total. The van der Waals surface area contributed by atoms with Crippen LogP contribution in [-0.2, 0) is 16.1 Å². The molecule has 1 aromatic rings. The first-order valence-electron chi connectivity index (χ1n) is 12.7. The highest BCUT2D eigenvalue weighted by Gasteiger charge is 2.44. The lowest BCUT2D eigenvalue weighted by Crippen LogP contribution is -2.55. The number of carbonyl (C=O) groups is 1. The number of nitrogens with one attached hydrogen (secondary N) is 1. The zero-order valence-electron chi connectivity index (χ0n) is 20.3. The number of hydrogen-bond donors (Lipinski definition) is 2. The van der Waals surface area contributed by atoms with Crippen molar-refractivity contribution in [3.63, 3.8) is 0 Å². The molecule has 3 saturated heterocycles. The molecule has 0 unspecified atom stereocenters. The Kier molecular flexibility index (Phi) is 8.28. The highest BCUT2D eigenvalue weighted by Crippen LogP contribution is 2.33. The van der Waals surface area contributed by atoms with Gasteiger partial charge in [0.05, 0.1) is 24.4 Å². The molecule has 1 amide bonds. The molecule has 0 bridgehead atoms. The zero-order valence-corrected chi connectivity index (χ0v) is 20.3. The third-order valence-corrected chi connectivity index (χ3v) is 7.47. The van der Waals surface area contributed by atoms with Crippen molar-refractivity contribution in [3.8, 4) is 5.75 Å². The first-order valence-corrected chi connectivity index (χ1v) is 12.7. The maximum Gasteiger partial charge on any atom is 0.217 e. The lowest BCUT2D eigenvalue weighted by atomic mass is 9.85. The van der Waals surface area contributed by atoms with E-state index >= 15 is 0 Å². The minimum absolute atomic E-state index is 0.0768. The summed E-state index contributed by atoms with van der Waals surface area (Å²) in [5, 5.41) is 14.1. The maximum absolute atomic E-state index is 11.6. The van der Waals surface area contributed by atoms with Crippen molar-refractivity contribution in [1.82, 2.24) is 15.1 Å². The predicted molar refractivity (Wildman–Crippen MR) is 128 cm³/mol. The molecule has 0 radical (unpaired) electrons. The van der Waals surface area contributed by atoms with E-state index in [4.69, 9.17) is 9.47 Å². The van der Waals surface area contributed by atoms with Gasteiger partial charge >= 0.3 is 0 Å². The molecule has 3 heterocycles. The fourth-order valence-electron chi connectivity index (χ4n) is 5.59. The molecular weight excluding hydrogens is 418 g/mol. The van der Waals surface area contributed by atoms with Gasteiger partial charge < -0.3 is 19.9 Å². The number of rotatable bonds is 7. The Morgan fingerprint density at radius 1 is 1.24 bits per heavy atom. The molecule has 0 saturated carbocycles. The van der Waals surface area contributed by atoms with E-state index < -0.39 is 5.60 Å². The molecule has 0 spiro atoms. The van der Waals surface area contributed by atoms with E-state index in [9.17, 15) is 9.90 Å². The van der Waals surface area contributed by atoms with Gasteiger partial charge in [-0.3, -0.25) is 14.6 Å². The monoisotopic (exact) mass is 459 g/mol. The van der Waals surface area contributed by atoms with Crippen molar-refractivity contribution in [2.45, 2.75) is 82.7 Å². The molecule has 4 atom stereocenters. The van der Waals surface area contributed by atoms with Gasteiger partial charge in [-0.1, -0.05) is 18.6 Å². The normalized spacial score (nSPS) is 31.4. The molecule has 184 valence electrons. The molecule has 7 nitrogen and oxygen atoms in total. The topological polar surface area (TPSA) is 74.3 Å². The average molecular weight is 460 g/mol. The van der Waals surface area contributed by atoms with Crippen LogP contribution in [0.1, 0.15) is 57.9 Å². The summed E-state index contributed by atoms with van der Waals surface area (Å²) in [7, 11) is 0. The summed E-state index contributed by atoms with van der Waals surface area (Å²) in [5.41, 5.74) is 0.202. The van der Waals surface area contributed by atoms with Crippen LogP contribution in [0.25, 0.3) is 0 Å². The van der Waals surface area contributed by atoms with E-state index in [2.05, 4.69) is 33.3 Å². The lowest BCUT2D eigenvalue weighted by molar-refractivity contribution is -0.122. The number of nitrogens with zero attached hydrogens (tertiary/aromatic N) is 2. The fraction of sp³-hybridized carbons (Fsp3) is 0.731. The van der Waals surface area contributed by atoms with Crippen LogP contribution in [-0.4, -0.2) is 84.0 Å².